The number of amides is 2. The highest BCUT2D eigenvalue weighted by atomic mass is 32.1. The van der Waals surface area contributed by atoms with Crippen molar-refractivity contribution in [3.05, 3.63) is 40.4 Å². The van der Waals surface area contributed by atoms with Gasteiger partial charge >= 0.3 is 6.03 Å². The predicted molar refractivity (Wildman–Crippen MR) is 80.5 cm³/mol. The fourth-order valence-corrected chi connectivity index (χ4v) is 3.33. The molecule has 1 aromatic carbocycles. The smallest absolute Gasteiger partial charge is 0.321 e. The van der Waals surface area contributed by atoms with Crippen molar-refractivity contribution in [1.29, 1.82) is 0 Å². The van der Waals surface area contributed by atoms with Gasteiger partial charge in [0.05, 0.1) is 12.1 Å². The van der Waals surface area contributed by atoms with Gasteiger partial charge < -0.3 is 10.4 Å². The fraction of sp³-hybridized carbons (Fsp3) is 0.357. The number of alkyl halides is 2. The molecule has 122 valence electrons. The van der Waals surface area contributed by atoms with Crippen LogP contribution < -0.4 is 10.6 Å². The maximum absolute atomic E-state index is 12.5. The number of aryl methyl sites for hydroxylation is 1. The lowest BCUT2D eigenvalue weighted by Gasteiger charge is -2.29. The molecule has 2 aromatic rings. The van der Waals surface area contributed by atoms with Gasteiger partial charge in [-0.2, -0.15) is 0 Å². The first-order chi connectivity index (χ1) is 11.0. The van der Waals surface area contributed by atoms with E-state index in [1.165, 1.54) is 0 Å². The van der Waals surface area contributed by atoms with Gasteiger partial charge in [-0.25, -0.2) is 13.6 Å². The summed E-state index contributed by atoms with van der Waals surface area (Å²) in [4.78, 5) is 12.1. The summed E-state index contributed by atoms with van der Waals surface area (Å²) >= 11 is 0.613. The van der Waals surface area contributed by atoms with E-state index in [0.29, 0.717) is 17.8 Å². The minimum atomic E-state index is -2.73. The first kappa shape index (κ1) is 15.8. The van der Waals surface area contributed by atoms with Crippen LogP contribution in [0.25, 0.3) is 0 Å². The van der Waals surface area contributed by atoms with Crippen molar-refractivity contribution in [2.24, 2.45) is 0 Å². The highest BCUT2D eigenvalue weighted by Gasteiger charge is 2.39. The van der Waals surface area contributed by atoms with Gasteiger partial charge in [-0.3, -0.25) is 5.32 Å². The van der Waals surface area contributed by atoms with Crippen molar-refractivity contribution >= 4 is 22.5 Å². The first-order valence-corrected chi connectivity index (χ1v) is 7.76. The van der Waals surface area contributed by atoms with Crippen LogP contribution in [0.3, 0.4) is 0 Å². The molecule has 1 atom stereocenters. The van der Waals surface area contributed by atoms with Crippen LogP contribution in [0.2, 0.25) is 0 Å². The zero-order chi connectivity index (χ0) is 16.4. The second kappa shape index (κ2) is 6.17. The number of carbonyl (C=O) groups is 1. The van der Waals surface area contributed by atoms with E-state index in [0.717, 1.165) is 17.5 Å². The molecule has 3 rings (SSSR count). The number of aliphatic hydroxyl groups is 1. The Bertz CT molecular complexity index is 724. The number of aromatic nitrogens is 2. The third-order valence-corrected chi connectivity index (χ3v) is 4.67. The Morgan fingerprint density at radius 1 is 1.39 bits per heavy atom. The monoisotopic (exact) mass is 340 g/mol. The van der Waals surface area contributed by atoms with Crippen LogP contribution >= 0.6 is 11.3 Å². The number of rotatable bonds is 4. The molecule has 23 heavy (non-hydrogen) atoms. The molecule has 9 heteroatoms. The van der Waals surface area contributed by atoms with Crippen molar-refractivity contribution in [3.8, 4) is 0 Å². The summed E-state index contributed by atoms with van der Waals surface area (Å²) in [6.45, 7) is -0.254. The van der Waals surface area contributed by atoms with Gasteiger partial charge in [-0.1, -0.05) is 35.6 Å². The topological polar surface area (TPSA) is 87.1 Å². The van der Waals surface area contributed by atoms with E-state index in [1.54, 1.807) is 0 Å². The molecule has 0 saturated heterocycles. The molecule has 1 heterocycles. The van der Waals surface area contributed by atoms with E-state index in [-0.39, 0.29) is 11.7 Å². The number of aliphatic hydroxyl groups excluding tert-OH is 1. The molecule has 0 bridgehead atoms. The maximum Gasteiger partial charge on any atom is 0.321 e. The Morgan fingerprint density at radius 2 is 2.17 bits per heavy atom. The van der Waals surface area contributed by atoms with Crippen molar-refractivity contribution in [1.82, 2.24) is 15.5 Å². The average molecular weight is 340 g/mol. The number of hydrogen-bond donors (Lipinski definition) is 3. The van der Waals surface area contributed by atoms with Gasteiger partial charge in [0.1, 0.15) is 0 Å². The summed E-state index contributed by atoms with van der Waals surface area (Å²) in [5.41, 5.74) is 1.05. The number of anilines is 1. The molecule has 1 aliphatic rings. The Hall–Kier alpha value is -2.13. The lowest BCUT2D eigenvalue weighted by atomic mass is 9.93. The van der Waals surface area contributed by atoms with Crippen molar-refractivity contribution in [2.45, 2.75) is 24.8 Å². The van der Waals surface area contributed by atoms with Gasteiger partial charge in [0.2, 0.25) is 5.13 Å². The lowest BCUT2D eigenvalue weighted by molar-refractivity contribution is 0.150. The maximum atomic E-state index is 12.5. The molecule has 0 spiro atoms. The van der Waals surface area contributed by atoms with Crippen LogP contribution in [0.4, 0.5) is 18.7 Å². The van der Waals surface area contributed by atoms with Crippen LogP contribution in [-0.2, 0) is 12.0 Å². The normalized spacial score (nSPS) is 19.7. The number of hydrogen-bond acceptors (Lipinski definition) is 5. The highest BCUT2D eigenvalue weighted by molar-refractivity contribution is 7.15. The van der Waals surface area contributed by atoms with E-state index < -0.39 is 23.0 Å². The summed E-state index contributed by atoms with van der Waals surface area (Å²) < 4.78 is 24.9. The summed E-state index contributed by atoms with van der Waals surface area (Å²) in [6.07, 6.45) is -1.42. The van der Waals surface area contributed by atoms with E-state index in [2.05, 4.69) is 20.8 Å². The molecular weight excluding hydrogens is 326 g/mol. The molecular formula is C14H14F2N4O2S. The Labute approximate surface area is 134 Å². The van der Waals surface area contributed by atoms with Gasteiger partial charge in [-0.15, -0.1) is 10.2 Å². The SMILES string of the molecule is O=C(Nc1nnc(C(F)F)s1)NC1(CO)CCc2ccccc21. The molecule has 2 amide bonds. The molecule has 1 aromatic heterocycles. The van der Waals surface area contributed by atoms with Crippen LogP contribution in [0.5, 0.6) is 0 Å². The highest BCUT2D eigenvalue weighted by Crippen LogP contribution is 2.36. The van der Waals surface area contributed by atoms with E-state index in [4.69, 9.17) is 0 Å². The Kier molecular flexibility index (Phi) is 4.22. The second-order valence-corrected chi connectivity index (χ2v) is 6.23. The molecule has 1 unspecified atom stereocenters. The molecule has 0 radical (unpaired) electrons. The standard InChI is InChI=1S/C14H14F2N4O2S/c15-10(16)11-19-20-13(23-11)17-12(22)18-14(7-21)6-5-8-3-1-2-4-9(8)14/h1-4,10,21H,5-7H2,(H2,17,18,20,22). The third kappa shape index (κ3) is 3.02. The van der Waals surface area contributed by atoms with E-state index in [1.807, 2.05) is 24.3 Å². The third-order valence-electron chi connectivity index (χ3n) is 3.82. The molecule has 3 N–H and O–H groups in total. The summed E-state index contributed by atoms with van der Waals surface area (Å²) in [5.74, 6) is 0. The van der Waals surface area contributed by atoms with Gasteiger partial charge in [0.15, 0.2) is 5.01 Å². The molecule has 0 saturated carbocycles. The quantitative estimate of drug-likeness (QED) is 0.798. The summed E-state index contributed by atoms with van der Waals surface area (Å²) in [7, 11) is 0. The van der Waals surface area contributed by atoms with Gasteiger partial charge in [0.25, 0.3) is 6.43 Å². The van der Waals surface area contributed by atoms with Crippen LogP contribution in [0, 0.1) is 0 Å². The zero-order valence-electron chi connectivity index (χ0n) is 11.9. The predicted octanol–water partition coefficient (Wildman–Crippen LogP) is 2.43. The second-order valence-electron chi connectivity index (χ2n) is 5.22. The number of benzene rings is 1. The summed E-state index contributed by atoms with van der Waals surface area (Å²) in [6, 6.07) is 6.94. The number of carbonyl (C=O) groups excluding carboxylic acids is 1. The van der Waals surface area contributed by atoms with Crippen molar-refractivity contribution < 1.29 is 18.7 Å². The minimum Gasteiger partial charge on any atom is -0.394 e. The molecule has 6 nitrogen and oxygen atoms in total. The Balaban J connectivity index is 1.73. The number of fused-ring (bicyclic) bond motifs is 1. The number of nitrogens with one attached hydrogen (secondary N) is 2. The Morgan fingerprint density at radius 3 is 2.87 bits per heavy atom. The van der Waals surface area contributed by atoms with Crippen LogP contribution in [0.1, 0.15) is 29.0 Å². The van der Waals surface area contributed by atoms with Gasteiger partial charge in [0, 0.05) is 0 Å². The van der Waals surface area contributed by atoms with Crippen molar-refractivity contribution in [2.75, 3.05) is 11.9 Å². The number of halogens is 2. The zero-order valence-corrected chi connectivity index (χ0v) is 12.7. The van der Waals surface area contributed by atoms with E-state index in [9.17, 15) is 18.7 Å². The number of nitrogens with zero attached hydrogens (tertiary/aromatic N) is 2. The first-order valence-electron chi connectivity index (χ1n) is 6.94. The van der Waals surface area contributed by atoms with E-state index >= 15 is 0 Å². The fourth-order valence-electron chi connectivity index (χ4n) is 2.74. The molecule has 0 fully saturated rings. The number of urea groups is 1. The summed E-state index contributed by atoms with van der Waals surface area (Å²) in [5, 5.41) is 21.2. The average Bonchev–Trinajstić information content (AvgIpc) is 3.13. The molecule has 1 aliphatic carbocycles. The minimum absolute atomic E-state index is 0.0165. The van der Waals surface area contributed by atoms with Gasteiger partial charge in [-0.05, 0) is 24.0 Å². The van der Waals surface area contributed by atoms with Crippen LogP contribution in [-0.4, -0.2) is 27.9 Å². The van der Waals surface area contributed by atoms with Crippen LogP contribution in [0.15, 0.2) is 24.3 Å². The lowest BCUT2D eigenvalue weighted by Crippen LogP contribution is -2.48. The van der Waals surface area contributed by atoms with Crippen molar-refractivity contribution in [3.63, 3.8) is 0 Å². The molecule has 0 aliphatic heterocycles. The largest absolute Gasteiger partial charge is 0.394 e.